The van der Waals surface area contributed by atoms with Gasteiger partial charge in [0, 0.05) is 19.6 Å². The lowest BCUT2D eigenvalue weighted by atomic mass is 10.1. The van der Waals surface area contributed by atoms with Crippen molar-refractivity contribution in [3.63, 3.8) is 0 Å². The van der Waals surface area contributed by atoms with Crippen LogP contribution in [0.15, 0.2) is 24.3 Å². The van der Waals surface area contributed by atoms with Crippen LogP contribution >= 0.6 is 0 Å². The summed E-state index contributed by atoms with van der Waals surface area (Å²) < 4.78 is 5.99. The van der Waals surface area contributed by atoms with E-state index in [-0.39, 0.29) is 30.5 Å². The molecule has 2 aliphatic rings. The number of amides is 4. The lowest BCUT2D eigenvalue weighted by Gasteiger charge is -2.29. The van der Waals surface area contributed by atoms with Crippen LogP contribution in [0.2, 0.25) is 0 Å². The SMILES string of the molecule is CCN(CC)CCNC(=O)[C@@H]1CC(=O)N[C@@H](C)C(=O)N2CCC[C@@H]2COc2ccccc2C(=O)N1. The molecule has 0 saturated carbocycles. The van der Waals surface area contributed by atoms with Crippen LogP contribution in [0.3, 0.4) is 0 Å². The van der Waals surface area contributed by atoms with Gasteiger partial charge in [0.25, 0.3) is 5.91 Å². The van der Waals surface area contributed by atoms with Crippen molar-refractivity contribution in [2.45, 2.75) is 58.2 Å². The summed E-state index contributed by atoms with van der Waals surface area (Å²) in [5.41, 5.74) is 0.273. The van der Waals surface area contributed by atoms with Crippen molar-refractivity contribution < 1.29 is 23.9 Å². The Bertz CT molecular complexity index is 919. The number of nitrogens with zero attached hydrogens (tertiary/aromatic N) is 2. The predicted molar refractivity (Wildman–Crippen MR) is 131 cm³/mol. The molecular weight excluding hydrogens is 450 g/mol. The van der Waals surface area contributed by atoms with E-state index in [0.717, 1.165) is 25.9 Å². The summed E-state index contributed by atoms with van der Waals surface area (Å²) in [7, 11) is 0. The number of benzene rings is 1. The Morgan fingerprint density at radius 2 is 1.91 bits per heavy atom. The second-order valence-corrected chi connectivity index (χ2v) is 8.97. The Kier molecular flexibility index (Phi) is 9.47. The number of nitrogens with one attached hydrogen (secondary N) is 3. The Balaban J connectivity index is 1.82. The van der Waals surface area contributed by atoms with E-state index in [2.05, 4.69) is 20.9 Å². The lowest BCUT2D eigenvalue weighted by Crippen LogP contribution is -2.53. The topological polar surface area (TPSA) is 120 Å². The fourth-order valence-corrected chi connectivity index (χ4v) is 4.51. The maximum Gasteiger partial charge on any atom is 0.255 e. The summed E-state index contributed by atoms with van der Waals surface area (Å²) in [5, 5.41) is 8.21. The molecule has 1 aromatic carbocycles. The molecule has 2 heterocycles. The smallest absolute Gasteiger partial charge is 0.255 e. The van der Waals surface area contributed by atoms with Crippen molar-refractivity contribution in [2.75, 3.05) is 39.3 Å². The van der Waals surface area contributed by atoms with Crippen molar-refractivity contribution in [2.24, 2.45) is 0 Å². The molecule has 3 atom stereocenters. The molecule has 4 amide bonds. The number of hydrogen-bond donors (Lipinski definition) is 3. The average Bonchev–Trinajstić information content (AvgIpc) is 3.32. The monoisotopic (exact) mass is 487 g/mol. The van der Waals surface area contributed by atoms with Gasteiger partial charge in [-0.05, 0) is 45.0 Å². The normalized spacial score (nSPS) is 23.5. The predicted octanol–water partition coefficient (Wildman–Crippen LogP) is 0.521. The van der Waals surface area contributed by atoms with Crippen LogP contribution in [0.25, 0.3) is 0 Å². The summed E-state index contributed by atoms with van der Waals surface area (Å²) >= 11 is 0. The molecule has 0 radical (unpaired) electrons. The minimum absolute atomic E-state index is 0.134. The molecule has 3 rings (SSSR count). The van der Waals surface area contributed by atoms with Gasteiger partial charge in [-0.15, -0.1) is 0 Å². The maximum atomic E-state index is 13.1. The van der Waals surface area contributed by atoms with Gasteiger partial charge in [0.2, 0.25) is 17.7 Å². The highest BCUT2D eigenvalue weighted by molar-refractivity contribution is 6.01. The third-order valence-corrected chi connectivity index (χ3v) is 6.60. The molecule has 10 heteroatoms. The Labute approximate surface area is 206 Å². The number of rotatable bonds is 6. The molecule has 1 saturated heterocycles. The number of hydrogen-bond acceptors (Lipinski definition) is 6. The zero-order valence-electron chi connectivity index (χ0n) is 20.8. The fraction of sp³-hybridized carbons (Fsp3) is 0.600. The van der Waals surface area contributed by atoms with Gasteiger partial charge in [0.15, 0.2) is 0 Å². The number of fused-ring (bicyclic) bond motifs is 2. The number of ether oxygens (including phenoxy) is 1. The fourth-order valence-electron chi connectivity index (χ4n) is 4.51. The van der Waals surface area contributed by atoms with E-state index in [1.165, 1.54) is 0 Å². The minimum atomic E-state index is -1.10. The molecule has 0 bridgehead atoms. The van der Waals surface area contributed by atoms with E-state index >= 15 is 0 Å². The van der Waals surface area contributed by atoms with E-state index in [4.69, 9.17) is 4.74 Å². The highest BCUT2D eigenvalue weighted by atomic mass is 16.5. The number of likely N-dealkylation sites (N-methyl/N-ethyl adjacent to an activating group) is 1. The van der Waals surface area contributed by atoms with Crippen LogP contribution in [0.4, 0.5) is 0 Å². The van der Waals surface area contributed by atoms with E-state index < -0.39 is 29.8 Å². The summed E-state index contributed by atoms with van der Waals surface area (Å²) in [4.78, 5) is 55.8. The molecule has 192 valence electrons. The van der Waals surface area contributed by atoms with Crippen molar-refractivity contribution in [1.82, 2.24) is 25.8 Å². The van der Waals surface area contributed by atoms with Gasteiger partial charge >= 0.3 is 0 Å². The van der Waals surface area contributed by atoms with Crippen LogP contribution in [0, 0.1) is 0 Å². The lowest BCUT2D eigenvalue weighted by molar-refractivity contribution is -0.137. The van der Waals surface area contributed by atoms with E-state index in [9.17, 15) is 19.2 Å². The van der Waals surface area contributed by atoms with Crippen molar-refractivity contribution in [1.29, 1.82) is 0 Å². The molecular formula is C25H37N5O5. The van der Waals surface area contributed by atoms with E-state index in [0.29, 0.717) is 25.4 Å². The van der Waals surface area contributed by atoms with E-state index in [1.54, 1.807) is 36.1 Å². The van der Waals surface area contributed by atoms with Crippen LogP contribution in [-0.4, -0.2) is 90.9 Å². The molecule has 0 spiro atoms. The summed E-state index contributed by atoms with van der Waals surface area (Å²) in [6, 6.07) is 4.80. The summed E-state index contributed by atoms with van der Waals surface area (Å²) in [5.74, 6) is -1.24. The van der Waals surface area contributed by atoms with Crippen molar-refractivity contribution >= 4 is 23.6 Å². The molecule has 1 fully saturated rings. The largest absolute Gasteiger partial charge is 0.491 e. The van der Waals surface area contributed by atoms with Crippen molar-refractivity contribution in [3.05, 3.63) is 29.8 Å². The first kappa shape index (κ1) is 26.5. The number of para-hydroxylation sites is 1. The van der Waals surface area contributed by atoms with Gasteiger partial charge in [0.05, 0.1) is 18.0 Å². The van der Waals surface area contributed by atoms with Gasteiger partial charge in [-0.3, -0.25) is 19.2 Å². The highest BCUT2D eigenvalue weighted by Gasteiger charge is 2.34. The van der Waals surface area contributed by atoms with Crippen molar-refractivity contribution in [3.8, 4) is 5.75 Å². The summed E-state index contributed by atoms with van der Waals surface area (Å²) in [6.45, 7) is 9.31. The number of carbonyl (C=O) groups is 4. The first-order chi connectivity index (χ1) is 16.8. The first-order valence-electron chi connectivity index (χ1n) is 12.5. The molecule has 10 nitrogen and oxygen atoms in total. The Hall–Kier alpha value is -3.14. The average molecular weight is 488 g/mol. The molecule has 1 aromatic rings. The molecule has 0 unspecified atom stereocenters. The second-order valence-electron chi connectivity index (χ2n) is 8.97. The van der Waals surface area contributed by atoms with Crippen LogP contribution in [-0.2, 0) is 14.4 Å². The molecule has 35 heavy (non-hydrogen) atoms. The standard InChI is InChI=1S/C25H37N5O5/c1-4-29(5-2)14-12-26-24(33)20-15-22(31)27-17(3)25(34)30-13-8-9-18(30)16-35-21-11-7-6-10-19(21)23(32)28-20/h6-7,10-11,17-18,20H,4-5,8-9,12-16H2,1-3H3,(H,26,33)(H,27,31)(H,28,32)/t17-,18+,20-/m0/s1. The summed E-state index contributed by atoms with van der Waals surface area (Å²) in [6.07, 6.45) is 1.35. The molecule has 0 aromatic heterocycles. The van der Waals surface area contributed by atoms with E-state index in [1.807, 2.05) is 13.8 Å². The quantitative estimate of drug-likeness (QED) is 0.538. The maximum absolute atomic E-state index is 13.1. The number of carbonyl (C=O) groups excluding carboxylic acids is 4. The Morgan fingerprint density at radius 1 is 1.17 bits per heavy atom. The third-order valence-electron chi connectivity index (χ3n) is 6.60. The van der Waals surface area contributed by atoms with Crippen LogP contribution < -0.4 is 20.7 Å². The van der Waals surface area contributed by atoms with Gasteiger partial charge < -0.3 is 30.5 Å². The zero-order chi connectivity index (χ0) is 25.4. The van der Waals surface area contributed by atoms with Gasteiger partial charge in [-0.25, -0.2) is 0 Å². The van der Waals surface area contributed by atoms with Gasteiger partial charge in [-0.1, -0.05) is 26.0 Å². The highest BCUT2D eigenvalue weighted by Crippen LogP contribution is 2.23. The zero-order valence-corrected chi connectivity index (χ0v) is 20.8. The third kappa shape index (κ3) is 6.94. The first-order valence-corrected chi connectivity index (χ1v) is 12.5. The van der Waals surface area contributed by atoms with Crippen LogP contribution in [0.5, 0.6) is 5.75 Å². The molecule has 0 aliphatic carbocycles. The van der Waals surface area contributed by atoms with Gasteiger partial charge in [-0.2, -0.15) is 0 Å². The molecule has 3 N–H and O–H groups in total. The molecule has 2 aliphatic heterocycles. The minimum Gasteiger partial charge on any atom is -0.491 e. The Morgan fingerprint density at radius 3 is 2.66 bits per heavy atom. The van der Waals surface area contributed by atoms with Gasteiger partial charge in [0.1, 0.15) is 24.4 Å². The van der Waals surface area contributed by atoms with Crippen LogP contribution in [0.1, 0.15) is 50.4 Å². The second kappa shape index (κ2) is 12.5.